The van der Waals surface area contributed by atoms with Crippen LogP contribution in [0.1, 0.15) is 22.4 Å². The van der Waals surface area contributed by atoms with E-state index in [9.17, 15) is 4.79 Å². The molecule has 5 nitrogen and oxygen atoms in total. The van der Waals surface area contributed by atoms with E-state index < -0.39 is 0 Å². The van der Waals surface area contributed by atoms with Crippen LogP contribution >= 0.6 is 11.6 Å². The molecule has 0 radical (unpaired) electrons. The summed E-state index contributed by atoms with van der Waals surface area (Å²) in [7, 11) is 0. The molecule has 4 aromatic rings. The Morgan fingerprint density at radius 1 is 1.03 bits per heavy atom. The molecule has 29 heavy (non-hydrogen) atoms. The lowest BCUT2D eigenvalue weighted by molar-refractivity contribution is 0.749. The zero-order chi connectivity index (χ0) is 20.2. The van der Waals surface area contributed by atoms with Crippen molar-refractivity contribution >= 4 is 11.6 Å². The molecule has 2 heterocycles. The van der Waals surface area contributed by atoms with E-state index in [1.54, 1.807) is 35.3 Å². The molecule has 0 bridgehead atoms. The fourth-order valence-electron chi connectivity index (χ4n) is 3.20. The van der Waals surface area contributed by atoms with Gasteiger partial charge in [-0.3, -0.25) is 9.36 Å². The summed E-state index contributed by atoms with van der Waals surface area (Å²) >= 11 is 6.03. The van der Waals surface area contributed by atoms with Crippen molar-refractivity contribution in [3.63, 3.8) is 0 Å². The highest BCUT2D eigenvalue weighted by atomic mass is 35.5. The summed E-state index contributed by atoms with van der Waals surface area (Å²) in [6.07, 6.45) is 6.05. The average molecular weight is 401 g/mol. The highest BCUT2D eigenvalue weighted by molar-refractivity contribution is 6.30. The minimum Gasteiger partial charge on any atom is -0.330 e. The van der Waals surface area contributed by atoms with Gasteiger partial charge in [-0.1, -0.05) is 29.8 Å². The summed E-state index contributed by atoms with van der Waals surface area (Å²) in [4.78, 5) is 16.8. The van der Waals surface area contributed by atoms with Crippen LogP contribution in [0.25, 0.3) is 5.69 Å². The second kappa shape index (κ2) is 8.17. The first-order chi connectivity index (χ1) is 14.1. The fraction of sp³-hybridized carbons (Fsp3) is 0.0870. The summed E-state index contributed by atoms with van der Waals surface area (Å²) in [6.45, 7) is 0.553. The van der Waals surface area contributed by atoms with E-state index in [-0.39, 0.29) is 5.56 Å². The van der Waals surface area contributed by atoms with Crippen LogP contribution in [0.4, 0.5) is 0 Å². The van der Waals surface area contributed by atoms with E-state index in [1.807, 2.05) is 53.2 Å². The summed E-state index contributed by atoms with van der Waals surface area (Å²) in [6, 6.07) is 20.4. The molecule has 0 aliphatic rings. The Bertz CT molecular complexity index is 1250. The molecule has 0 saturated carbocycles. The van der Waals surface area contributed by atoms with Gasteiger partial charge in [-0.2, -0.15) is 5.26 Å². The molecule has 6 heteroatoms. The van der Waals surface area contributed by atoms with Crippen molar-refractivity contribution < 1.29 is 0 Å². The predicted molar refractivity (Wildman–Crippen MR) is 112 cm³/mol. The third-order valence-corrected chi connectivity index (χ3v) is 4.93. The Morgan fingerprint density at radius 2 is 1.86 bits per heavy atom. The van der Waals surface area contributed by atoms with Gasteiger partial charge in [0.2, 0.25) is 0 Å². The number of hydrogen-bond acceptors (Lipinski definition) is 3. The van der Waals surface area contributed by atoms with E-state index in [0.717, 1.165) is 22.5 Å². The van der Waals surface area contributed by atoms with Gasteiger partial charge < -0.3 is 4.57 Å². The normalized spacial score (nSPS) is 10.6. The van der Waals surface area contributed by atoms with Crippen molar-refractivity contribution in [2.24, 2.45) is 0 Å². The largest absolute Gasteiger partial charge is 0.330 e. The summed E-state index contributed by atoms with van der Waals surface area (Å²) in [5.74, 6) is 0. The average Bonchev–Trinajstić information content (AvgIpc) is 3.15. The van der Waals surface area contributed by atoms with E-state index in [1.165, 1.54) is 0 Å². The number of imidazole rings is 1. The van der Waals surface area contributed by atoms with Crippen molar-refractivity contribution in [2.75, 3.05) is 0 Å². The van der Waals surface area contributed by atoms with Gasteiger partial charge in [0.1, 0.15) is 0 Å². The Balaban J connectivity index is 1.54. The second-order valence-electron chi connectivity index (χ2n) is 6.72. The zero-order valence-corrected chi connectivity index (χ0v) is 16.3. The highest BCUT2D eigenvalue weighted by Crippen LogP contribution is 2.15. The van der Waals surface area contributed by atoms with Crippen molar-refractivity contribution in [3.8, 4) is 11.8 Å². The van der Waals surface area contributed by atoms with Crippen LogP contribution in [0.15, 0.2) is 84.2 Å². The van der Waals surface area contributed by atoms with Gasteiger partial charge in [0.25, 0.3) is 5.56 Å². The molecule has 0 amide bonds. The number of nitriles is 1. The van der Waals surface area contributed by atoms with Gasteiger partial charge in [-0.05, 0) is 47.5 Å². The van der Waals surface area contributed by atoms with Crippen molar-refractivity contribution in [1.82, 2.24) is 14.1 Å². The third kappa shape index (κ3) is 4.29. The first kappa shape index (κ1) is 18.7. The molecule has 0 aliphatic heterocycles. The molecule has 142 valence electrons. The fourth-order valence-corrected chi connectivity index (χ4v) is 3.38. The van der Waals surface area contributed by atoms with E-state index in [4.69, 9.17) is 16.9 Å². The topological polar surface area (TPSA) is 63.6 Å². The molecule has 2 aromatic heterocycles. The van der Waals surface area contributed by atoms with Crippen LogP contribution in [0, 0.1) is 11.3 Å². The maximum atomic E-state index is 12.6. The van der Waals surface area contributed by atoms with Crippen LogP contribution in [-0.2, 0) is 13.0 Å². The molecule has 0 atom stereocenters. The van der Waals surface area contributed by atoms with E-state index >= 15 is 0 Å². The number of rotatable bonds is 5. The van der Waals surface area contributed by atoms with Crippen molar-refractivity contribution in [3.05, 3.63) is 117 Å². The molecule has 2 aromatic carbocycles. The molecule has 4 rings (SSSR count). The van der Waals surface area contributed by atoms with Gasteiger partial charge >= 0.3 is 0 Å². The maximum Gasteiger partial charge on any atom is 0.255 e. The Labute approximate surface area is 173 Å². The molecule has 0 saturated heterocycles. The summed E-state index contributed by atoms with van der Waals surface area (Å²) in [5, 5.41) is 9.51. The predicted octanol–water partition coefficient (Wildman–Crippen LogP) is 4.20. The minimum absolute atomic E-state index is 0.112. The molecule has 0 N–H and O–H groups in total. The van der Waals surface area contributed by atoms with E-state index in [0.29, 0.717) is 23.6 Å². The number of nitrogens with zero attached hydrogens (tertiary/aromatic N) is 4. The lowest BCUT2D eigenvalue weighted by Gasteiger charge is -2.10. The maximum absolute atomic E-state index is 12.6. The van der Waals surface area contributed by atoms with Crippen LogP contribution in [0.2, 0.25) is 5.02 Å². The first-order valence-corrected chi connectivity index (χ1v) is 9.46. The lowest BCUT2D eigenvalue weighted by Crippen LogP contribution is -2.18. The van der Waals surface area contributed by atoms with E-state index in [2.05, 4.69) is 11.1 Å². The quantitative estimate of drug-likeness (QED) is 0.504. The Kier molecular flexibility index (Phi) is 5.28. The number of pyridine rings is 1. The Morgan fingerprint density at radius 3 is 2.59 bits per heavy atom. The van der Waals surface area contributed by atoms with Gasteiger partial charge in [-0.15, -0.1) is 0 Å². The monoisotopic (exact) mass is 400 g/mol. The molecular formula is C23H17ClN4O. The molecule has 0 spiro atoms. The first-order valence-electron chi connectivity index (χ1n) is 9.08. The molecular weight excluding hydrogens is 384 g/mol. The molecule has 0 aliphatic carbocycles. The zero-order valence-electron chi connectivity index (χ0n) is 15.5. The summed E-state index contributed by atoms with van der Waals surface area (Å²) < 4.78 is 3.59. The standard InChI is InChI=1S/C23H17ClN4O/c24-20-2-1-3-21(12-20)28-9-8-19(11-23(28)29)15-27-16-26-14-22(27)10-17-4-6-18(13-25)7-5-17/h1-9,11-12,14,16H,10,15H2. The number of benzene rings is 2. The SMILES string of the molecule is N#Cc1ccc(Cc2cncn2Cc2ccn(-c3cccc(Cl)c3)c(=O)c2)cc1. The summed E-state index contributed by atoms with van der Waals surface area (Å²) in [5.41, 5.74) is 4.29. The van der Waals surface area contributed by atoms with Gasteiger partial charge in [0, 0.05) is 42.1 Å². The Hall–Kier alpha value is -3.62. The van der Waals surface area contributed by atoms with Gasteiger partial charge in [0.05, 0.1) is 23.6 Å². The molecule has 0 unspecified atom stereocenters. The van der Waals surface area contributed by atoms with Gasteiger partial charge in [0.15, 0.2) is 0 Å². The lowest BCUT2D eigenvalue weighted by atomic mass is 10.1. The number of hydrogen-bond donors (Lipinski definition) is 0. The number of aromatic nitrogens is 3. The highest BCUT2D eigenvalue weighted by Gasteiger charge is 2.07. The minimum atomic E-state index is -0.112. The van der Waals surface area contributed by atoms with Crippen molar-refractivity contribution in [1.29, 1.82) is 5.26 Å². The third-order valence-electron chi connectivity index (χ3n) is 4.69. The van der Waals surface area contributed by atoms with Crippen LogP contribution in [0.3, 0.4) is 0 Å². The van der Waals surface area contributed by atoms with Gasteiger partial charge in [-0.25, -0.2) is 4.98 Å². The number of halogens is 1. The molecule has 0 fully saturated rings. The van der Waals surface area contributed by atoms with Crippen LogP contribution in [0.5, 0.6) is 0 Å². The van der Waals surface area contributed by atoms with Crippen LogP contribution < -0.4 is 5.56 Å². The van der Waals surface area contributed by atoms with Crippen LogP contribution in [-0.4, -0.2) is 14.1 Å². The smallest absolute Gasteiger partial charge is 0.255 e. The van der Waals surface area contributed by atoms with Crippen molar-refractivity contribution in [2.45, 2.75) is 13.0 Å². The second-order valence-corrected chi connectivity index (χ2v) is 7.16.